The molecule has 0 unspecified atom stereocenters. The summed E-state index contributed by atoms with van der Waals surface area (Å²) < 4.78 is 13.9. The van der Waals surface area contributed by atoms with E-state index in [0.29, 0.717) is 36.8 Å². The van der Waals surface area contributed by atoms with Crippen molar-refractivity contribution in [1.82, 2.24) is 4.90 Å². The number of benzene rings is 1. The summed E-state index contributed by atoms with van der Waals surface area (Å²) >= 11 is 0. The van der Waals surface area contributed by atoms with Crippen molar-refractivity contribution in [1.29, 1.82) is 0 Å². The third kappa shape index (κ3) is 3.89. The fourth-order valence-electron chi connectivity index (χ4n) is 2.23. The maximum atomic E-state index is 13.9. The third-order valence-corrected chi connectivity index (χ3v) is 3.34. The summed E-state index contributed by atoms with van der Waals surface area (Å²) in [6.45, 7) is 0.178. The molecule has 1 aromatic carbocycles. The van der Waals surface area contributed by atoms with Gasteiger partial charge in [-0.3, -0.25) is 14.5 Å². The second-order valence-corrected chi connectivity index (χ2v) is 4.89. The van der Waals surface area contributed by atoms with Crippen LogP contribution < -0.4 is 5.73 Å². The van der Waals surface area contributed by atoms with Gasteiger partial charge in [-0.15, -0.1) is 0 Å². The highest BCUT2D eigenvalue weighted by Crippen LogP contribution is 2.18. The number of nitrogens with zero attached hydrogens (tertiary/aromatic N) is 1. The minimum absolute atomic E-state index is 0.0400. The maximum absolute atomic E-state index is 13.9. The summed E-state index contributed by atoms with van der Waals surface area (Å²) in [5.41, 5.74) is 6.21. The smallest absolute Gasteiger partial charge is 0.229 e. The van der Waals surface area contributed by atoms with Crippen LogP contribution >= 0.6 is 0 Å². The van der Waals surface area contributed by atoms with Gasteiger partial charge in [0.25, 0.3) is 0 Å². The summed E-state index contributed by atoms with van der Waals surface area (Å²) in [6, 6.07) is 4.40. The van der Waals surface area contributed by atoms with Crippen molar-refractivity contribution in [3.63, 3.8) is 0 Å². The molecule has 2 rings (SSSR count). The lowest BCUT2D eigenvalue weighted by atomic mass is 10.1. The first-order valence-corrected chi connectivity index (χ1v) is 6.92. The number of carbonyl (C=O) groups excluding carboxylic acids is 2. The minimum Gasteiger partial charge on any atom is -0.320 e. The Morgan fingerprint density at radius 3 is 2.48 bits per heavy atom. The van der Waals surface area contributed by atoms with E-state index in [-0.39, 0.29) is 24.9 Å². The van der Waals surface area contributed by atoms with Crippen LogP contribution in [0.1, 0.15) is 36.8 Å². The van der Waals surface area contributed by atoms with Crippen molar-refractivity contribution < 1.29 is 14.0 Å². The van der Waals surface area contributed by atoms with Crippen LogP contribution in [-0.4, -0.2) is 23.3 Å². The largest absolute Gasteiger partial charge is 0.320 e. The van der Waals surface area contributed by atoms with E-state index in [9.17, 15) is 14.0 Å². The van der Waals surface area contributed by atoms with Crippen LogP contribution in [0.15, 0.2) is 18.2 Å². The SMILES string of the molecule is NCC#Cc1ccc(F)c(CN2C(=O)CCCCC2=O)c1. The Hall–Kier alpha value is -2.19. The second kappa shape index (κ2) is 7.00. The Morgan fingerprint density at radius 2 is 1.86 bits per heavy atom. The highest BCUT2D eigenvalue weighted by atomic mass is 19.1. The number of imide groups is 1. The van der Waals surface area contributed by atoms with Crippen LogP contribution in [-0.2, 0) is 16.1 Å². The predicted molar refractivity (Wildman–Crippen MR) is 76.4 cm³/mol. The van der Waals surface area contributed by atoms with E-state index in [1.165, 1.54) is 6.07 Å². The molecule has 1 aromatic rings. The molecular formula is C16H17FN2O2. The molecule has 4 nitrogen and oxygen atoms in total. The minimum atomic E-state index is -0.446. The lowest BCUT2D eigenvalue weighted by molar-refractivity contribution is -0.144. The Labute approximate surface area is 123 Å². The average molecular weight is 288 g/mol. The summed E-state index contributed by atoms with van der Waals surface area (Å²) in [5.74, 6) is 4.58. The molecule has 2 amide bonds. The normalized spacial score (nSPS) is 15.4. The number of hydrogen-bond acceptors (Lipinski definition) is 3. The molecule has 0 aliphatic carbocycles. The maximum Gasteiger partial charge on any atom is 0.229 e. The van der Waals surface area contributed by atoms with Gasteiger partial charge in [-0.2, -0.15) is 0 Å². The van der Waals surface area contributed by atoms with Crippen LogP contribution in [0, 0.1) is 17.7 Å². The van der Waals surface area contributed by atoms with Crippen molar-refractivity contribution in [3.05, 3.63) is 35.1 Å². The summed E-state index contributed by atoms with van der Waals surface area (Å²) in [5, 5.41) is 0. The third-order valence-electron chi connectivity index (χ3n) is 3.34. The van der Waals surface area contributed by atoms with Crippen LogP contribution in [0.2, 0.25) is 0 Å². The van der Waals surface area contributed by atoms with Gasteiger partial charge in [0.2, 0.25) is 11.8 Å². The zero-order valence-corrected chi connectivity index (χ0v) is 11.7. The van der Waals surface area contributed by atoms with E-state index < -0.39 is 5.82 Å². The monoisotopic (exact) mass is 288 g/mol. The molecule has 2 N–H and O–H groups in total. The number of hydrogen-bond donors (Lipinski definition) is 1. The molecule has 0 spiro atoms. The van der Waals surface area contributed by atoms with Gasteiger partial charge in [-0.25, -0.2) is 4.39 Å². The van der Waals surface area contributed by atoms with E-state index in [2.05, 4.69) is 11.8 Å². The highest BCUT2D eigenvalue weighted by Gasteiger charge is 2.24. The van der Waals surface area contributed by atoms with Crippen molar-refractivity contribution >= 4 is 11.8 Å². The van der Waals surface area contributed by atoms with Gasteiger partial charge in [-0.1, -0.05) is 11.8 Å². The zero-order valence-electron chi connectivity index (χ0n) is 11.7. The van der Waals surface area contributed by atoms with Gasteiger partial charge in [0.05, 0.1) is 13.1 Å². The average Bonchev–Trinajstić information content (AvgIpc) is 2.63. The van der Waals surface area contributed by atoms with E-state index in [0.717, 1.165) is 4.90 Å². The topological polar surface area (TPSA) is 63.4 Å². The first-order valence-electron chi connectivity index (χ1n) is 6.92. The molecule has 0 radical (unpaired) electrons. The quantitative estimate of drug-likeness (QED) is 0.663. The van der Waals surface area contributed by atoms with Crippen molar-refractivity contribution in [2.24, 2.45) is 5.73 Å². The number of rotatable bonds is 2. The fourth-order valence-corrected chi connectivity index (χ4v) is 2.23. The summed E-state index contributed by atoms with van der Waals surface area (Å²) in [7, 11) is 0. The van der Waals surface area contributed by atoms with Gasteiger partial charge >= 0.3 is 0 Å². The molecule has 0 bridgehead atoms. The van der Waals surface area contributed by atoms with Gasteiger partial charge in [0.1, 0.15) is 5.82 Å². The standard InChI is InChI=1S/C16H17FN2O2/c17-14-8-7-12(4-3-9-18)10-13(14)11-19-15(20)5-1-2-6-16(19)21/h7-8,10H,1-2,5-6,9,11,18H2. The molecule has 5 heteroatoms. The van der Waals surface area contributed by atoms with Gasteiger partial charge in [0, 0.05) is 24.0 Å². The number of nitrogens with two attached hydrogens (primary N) is 1. The van der Waals surface area contributed by atoms with Crippen LogP contribution in [0.3, 0.4) is 0 Å². The van der Waals surface area contributed by atoms with E-state index in [1.54, 1.807) is 12.1 Å². The molecule has 21 heavy (non-hydrogen) atoms. The Bertz CT molecular complexity index is 598. The lowest BCUT2D eigenvalue weighted by Crippen LogP contribution is -2.34. The van der Waals surface area contributed by atoms with Crippen LogP contribution in [0.25, 0.3) is 0 Å². The number of amides is 2. The number of likely N-dealkylation sites (tertiary alicyclic amines) is 1. The van der Waals surface area contributed by atoms with Crippen LogP contribution in [0.4, 0.5) is 4.39 Å². The Balaban J connectivity index is 2.24. The molecule has 1 fully saturated rings. The summed E-state index contributed by atoms with van der Waals surface area (Å²) in [6.07, 6.45) is 2.07. The van der Waals surface area contributed by atoms with Crippen molar-refractivity contribution in [2.45, 2.75) is 32.2 Å². The van der Waals surface area contributed by atoms with Crippen molar-refractivity contribution in [3.8, 4) is 11.8 Å². The molecule has 110 valence electrons. The van der Waals surface area contributed by atoms with Gasteiger partial charge in [-0.05, 0) is 31.0 Å². The van der Waals surface area contributed by atoms with Gasteiger partial charge < -0.3 is 5.73 Å². The van der Waals surface area contributed by atoms with E-state index in [1.807, 2.05) is 0 Å². The zero-order chi connectivity index (χ0) is 15.2. The molecule has 0 saturated carbocycles. The molecule has 0 aromatic heterocycles. The van der Waals surface area contributed by atoms with Gasteiger partial charge in [0.15, 0.2) is 0 Å². The Morgan fingerprint density at radius 1 is 1.19 bits per heavy atom. The highest BCUT2D eigenvalue weighted by molar-refractivity contribution is 5.95. The number of carbonyl (C=O) groups is 2. The Kier molecular flexibility index (Phi) is 5.07. The molecule has 0 atom stereocenters. The fraction of sp³-hybridized carbons (Fsp3) is 0.375. The first-order chi connectivity index (χ1) is 10.1. The molecule has 1 saturated heterocycles. The summed E-state index contributed by atoms with van der Waals surface area (Å²) in [4.78, 5) is 25.0. The molecular weight excluding hydrogens is 271 g/mol. The molecule has 1 aliphatic heterocycles. The lowest BCUT2D eigenvalue weighted by Gasteiger charge is -2.19. The first kappa shape index (κ1) is 15.2. The van der Waals surface area contributed by atoms with Crippen molar-refractivity contribution in [2.75, 3.05) is 6.54 Å². The number of halogens is 1. The predicted octanol–water partition coefficient (Wildman–Crippen LogP) is 1.57. The van der Waals surface area contributed by atoms with Crippen LogP contribution in [0.5, 0.6) is 0 Å². The van der Waals surface area contributed by atoms with E-state index >= 15 is 0 Å². The molecule has 1 aliphatic rings. The molecule has 1 heterocycles. The van der Waals surface area contributed by atoms with E-state index in [4.69, 9.17) is 5.73 Å². The second-order valence-electron chi connectivity index (χ2n) is 4.89.